The van der Waals surface area contributed by atoms with Gasteiger partial charge in [-0.2, -0.15) is 22.0 Å². The topological polar surface area (TPSA) is 147 Å². The third-order valence-electron chi connectivity index (χ3n) is 4.98. The van der Waals surface area contributed by atoms with Crippen molar-refractivity contribution in [3.63, 3.8) is 0 Å². The highest BCUT2D eigenvalue weighted by atomic mass is 31.2. The van der Waals surface area contributed by atoms with Gasteiger partial charge in [0.25, 0.3) is 11.5 Å². The lowest BCUT2D eigenvalue weighted by Crippen LogP contribution is -2.33. The Balaban J connectivity index is 2.08. The molecular weight excluding hydrogens is 565 g/mol. The second-order valence-electron chi connectivity index (χ2n) is 7.60. The molecule has 0 aliphatic carbocycles. The van der Waals surface area contributed by atoms with Crippen molar-refractivity contribution in [1.29, 1.82) is 0 Å². The predicted octanol–water partition coefficient (Wildman–Crippen LogP) is 4.83. The number of ether oxygens (including phenoxy) is 2. The first-order valence-electron chi connectivity index (χ1n) is 10.4. The molecule has 0 aliphatic heterocycles. The van der Waals surface area contributed by atoms with E-state index in [4.69, 9.17) is 19.3 Å². The van der Waals surface area contributed by atoms with Gasteiger partial charge >= 0.3 is 19.9 Å². The zero-order chi connectivity index (χ0) is 29.2. The summed E-state index contributed by atoms with van der Waals surface area (Å²) in [5, 5.41) is 2.18. The summed E-state index contributed by atoms with van der Waals surface area (Å²) >= 11 is 0. The molecule has 3 rings (SSSR count). The van der Waals surface area contributed by atoms with Gasteiger partial charge in [-0.15, -0.1) is 0 Å². The standard InChI is InChI=1S/C22H17F6N2O8P/c1-36-18-9-12(23)3-5-16(18)38-17-8-11(21(24,25)22(26,27)28)2-4-13(17)20(32)30-15-6-7-29-19(31)14(15)10-37-39(33,34)35/h2-9H,10H2,1H3,(H2,33,34,35)(H2,29,30,31,32). The molecule has 0 fully saturated rings. The van der Waals surface area contributed by atoms with E-state index in [0.717, 1.165) is 37.6 Å². The van der Waals surface area contributed by atoms with Crippen LogP contribution < -0.4 is 20.3 Å². The monoisotopic (exact) mass is 582 g/mol. The van der Waals surface area contributed by atoms with E-state index < -0.39 is 66.3 Å². The van der Waals surface area contributed by atoms with Crippen LogP contribution in [0.25, 0.3) is 0 Å². The van der Waals surface area contributed by atoms with E-state index in [-0.39, 0.29) is 23.3 Å². The van der Waals surface area contributed by atoms with Crippen molar-refractivity contribution in [3.8, 4) is 17.2 Å². The average molecular weight is 582 g/mol. The van der Waals surface area contributed by atoms with Crippen LogP contribution in [0, 0.1) is 5.82 Å². The number of methoxy groups -OCH3 is 1. The van der Waals surface area contributed by atoms with Gasteiger partial charge in [-0.05, 0) is 30.3 Å². The van der Waals surface area contributed by atoms with Gasteiger partial charge in [0, 0.05) is 17.8 Å². The number of carbonyl (C=O) groups excluding carboxylic acids is 1. The molecule has 0 saturated carbocycles. The highest BCUT2D eigenvalue weighted by Crippen LogP contribution is 2.46. The van der Waals surface area contributed by atoms with Gasteiger partial charge in [0.1, 0.15) is 11.6 Å². The van der Waals surface area contributed by atoms with E-state index >= 15 is 0 Å². The third kappa shape index (κ3) is 6.97. The number of halogens is 6. The number of rotatable bonds is 9. The van der Waals surface area contributed by atoms with Crippen molar-refractivity contribution in [2.45, 2.75) is 18.7 Å². The summed E-state index contributed by atoms with van der Waals surface area (Å²) in [7, 11) is -3.95. The summed E-state index contributed by atoms with van der Waals surface area (Å²) in [6.07, 6.45) is -4.95. The Morgan fingerprint density at radius 3 is 2.33 bits per heavy atom. The maximum absolute atomic E-state index is 14.1. The van der Waals surface area contributed by atoms with Gasteiger partial charge in [-0.3, -0.25) is 14.1 Å². The fourth-order valence-corrected chi connectivity index (χ4v) is 3.40. The van der Waals surface area contributed by atoms with Crippen LogP contribution in [0.3, 0.4) is 0 Å². The number of benzene rings is 2. The highest BCUT2D eigenvalue weighted by Gasteiger charge is 2.58. The van der Waals surface area contributed by atoms with E-state index in [1.165, 1.54) is 0 Å². The molecule has 0 bridgehead atoms. The number of aromatic nitrogens is 1. The summed E-state index contributed by atoms with van der Waals surface area (Å²) < 4.78 is 106. The minimum absolute atomic E-state index is 0.251. The number of phosphoric ester groups is 1. The van der Waals surface area contributed by atoms with Crippen molar-refractivity contribution in [3.05, 3.63) is 81.5 Å². The van der Waals surface area contributed by atoms with Crippen LogP contribution in [0.15, 0.2) is 53.5 Å². The fourth-order valence-electron chi connectivity index (χ4n) is 3.11. The number of hydrogen-bond acceptors (Lipinski definition) is 6. The Morgan fingerprint density at radius 1 is 1.03 bits per heavy atom. The van der Waals surface area contributed by atoms with Crippen LogP contribution in [0.2, 0.25) is 0 Å². The molecule has 3 aromatic rings. The summed E-state index contributed by atoms with van der Waals surface area (Å²) in [5.41, 5.74) is -3.93. The minimum atomic E-state index is -6.00. The molecule has 0 spiro atoms. The van der Waals surface area contributed by atoms with Crippen molar-refractivity contribution in [1.82, 2.24) is 4.98 Å². The second kappa shape index (κ2) is 11.1. The number of alkyl halides is 5. The van der Waals surface area contributed by atoms with Gasteiger partial charge in [0.05, 0.1) is 30.5 Å². The molecule has 17 heteroatoms. The Morgan fingerprint density at radius 2 is 1.72 bits per heavy atom. The molecule has 0 atom stereocenters. The largest absolute Gasteiger partial charge is 0.493 e. The number of anilines is 1. The Labute approximate surface area is 214 Å². The molecule has 39 heavy (non-hydrogen) atoms. The van der Waals surface area contributed by atoms with Gasteiger partial charge in [-0.1, -0.05) is 6.07 Å². The number of hydrogen-bond donors (Lipinski definition) is 4. The Hall–Kier alpha value is -3.85. The van der Waals surface area contributed by atoms with Crippen LogP contribution in [-0.2, 0) is 21.6 Å². The van der Waals surface area contributed by atoms with Crippen LogP contribution in [-0.4, -0.2) is 34.0 Å². The number of phosphoric acid groups is 1. The van der Waals surface area contributed by atoms with E-state index in [1.54, 1.807) is 0 Å². The summed E-state index contributed by atoms with van der Waals surface area (Å²) in [6, 6.07) is 4.93. The summed E-state index contributed by atoms with van der Waals surface area (Å²) in [4.78, 5) is 45.2. The molecular formula is C22H17F6N2O8P. The number of carbonyl (C=O) groups is 1. The van der Waals surface area contributed by atoms with Crippen LogP contribution in [0.1, 0.15) is 21.5 Å². The SMILES string of the molecule is COc1cc(F)ccc1Oc1cc(C(F)(F)C(F)(F)F)ccc1C(=O)Nc1cc[nH]c(=O)c1COP(=O)(O)O. The average Bonchev–Trinajstić information content (AvgIpc) is 2.83. The first-order valence-corrected chi connectivity index (χ1v) is 11.9. The lowest BCUT2D eigenvalue weighted by Gasteiger charge is -2.22. The van der Waals surface area contributed by atoms with Crippen LogP contribution in [0.4, 0.5) is 32.0 Å². The first-order chi connectivity index (χ1) is 18.0. The zero-order valence-electron chi connectivity index (χ0n) is 19.4. The van der Waals surface area contributed by atoms with Crippen molar-refractivity contribution in [2.24, 2.45) is 0 Å². The smallest absolute Gasteiger partial charge is 0.469 e. The number of aromatic amines is 1. The van der Waals surface area contributed by atoms with Gasteiger partial charge in [0.15, 0.2) is 11.5 Å². The lowest BCUT2D eigenvalue weighted by molar-refractivity contribution is -0.289. The van der Waals surface area contributed by atoms with Crippen molar-refractivity contribution in [2.75, 3.05) is 12.4 Å². The van der Waals surface area contributed by atoms with Crippen molar-refractivity contribution < 1.29 is 59.5 Å². The summed E-state index contributed by atoms with van der Waals surface area (Å²) in [5.74, 6) is -8.83. The Bertz CT molecular complexity index is 1490. The predicted molar refractivity (Wildman–Crippen MR) is 121 cm³/mol. The van der Waals surface area contributed by atoms with Crippen LogP contribution in [0.5, 0.6) is 17.2 Å². The summed E-state index contributed by atoms with van der Waals surface area (Å²) in [6.45, 7) is -0.969. The molecule has 1 heterocycles. The first kappa shape index (κ1) is 29.7. The molecule has 0 radical (unpaired) electrons. The molecule has 4 N–H and O–H groups in total. The second-order valence-corrected chi connectivity index (χ2v) is 8.84. The Kier molecular flexibility index (Phi) is 8.45. The van der Waals surface area contributed by atoms with Gasteiger partial charge in [0.2, 0.25) is 0 Å². The highest BCUT2D eigenvalue weighted by molar-refractivity contribution is 7.46. The van der Waals surface area contributed by atoms with Crippen LogP contribution >= 0.6 is 7.82 Å². The van der Waals surface area contributed by atoms with E-state index in [0.29, 0.717) is 12.1 Å². The van der Waals surface area contributed by atoms with Gasteiger partial charge in [-0.25, -0.2) is 8.96 Å². The number of H-pyrrole nitrogens is 1. The third-order valence-corrected chi connectivity index (χ3v) is 5.44. The molecule has 0 saturated heterocycles. The number of pyridine rings is 1. The molecule has 1 amide bonds. The van der Waals surface area contributed by atoms with Crippen molar-refractivity contribution >= 4 is 19.4 Å². The molecule has 1 aromatic heterocycles. The maximum atomic E-state index is 14.1. The zero-order valence-corrected chi connectivity index (χ0v) is 20.3. The lowest BCUT2D eigenvalue weighted by atomic mass is 10.0. The quantitative estimate of drug-likeness (QED) is 0.207. The molecule has 0 aliphatic rings. The fraction of sp³-hybridized carbons (Fsp3) is 0.182. The van der Waals surface area contributed by atoms with E-state index in [2.05, 4.69) is 14.8 Å². The van der Waals surface area contributed by atoms with Gasteiger partial charge < -0.3 is 29.6 Å². The number of nitrogens with one attached hydrogen (secondary N) is 2. The molecule has 0 unspecified atom stereocenters. The maximum Gasteiger partial charge on any atom is 0.469 e. The molecule has 10 nitrogen and oxygen atoms in total. The number of amides is 1. The molecule has 2 aromatic carbocycles. The minimum Gasteiger partial charge on any atom is -0.493 e. The van der Waals surface area contributed by atoms with E-state index in [1.807, 2.05) is 0 Å². The van der Waals surface area contributed by atoms with E-state index in [9.17, 15) is 40.5 Å². The molecule has 210 valence electrons. The normalized spacial score (nSPS) is 12.2.